The van der Waals surface area contributed by atoms with E-state index in [1.165, 1.54) is 5.57 Å². The van der Waals surface area contributed by atoms with Gasteiger partial charge in [-0.15, -0.1) is 0 Å². The molecule has 0 heterocycles. The summed E-state index contributed by atoms with van der Waals surface area (Å²) in [7, 11) is 0. The van der Waals surface area contributed by atoms with Crippen LogP contribution in [0.4, 0.5) is 0 Å². The molecule has 0 fully saturated rings. The highest BCUT2D eigenvalue weighted by molar-refractivity contribution is 5.92. The summed E-state index contributed by atoms with van der Waals surface area (Å²) >= 11 is 0. The number of ketones is 2. The molecule has 0 aromatic rings. The monoisotopic (exact) mass is 630 g/mol. The second kappa shape index (κ2) is 18.6. The first-order valence-corrected chi connectivity index (χ1v) is 18.1. The molecule has 1 N–H and O–H groups in total. The first kappa shape index (κ1) is 43.3. The number of hydrogen-bond acceptors (Lipinski definition) is 3. The molecule has 0 bridgehead atoms. The van der Waals surface area contributed by atoms with Gasteiger partial charge in [0.2, 0.25) is 5.91 Å². The zero-order chi connectivity index (χ0) is 35.6. The number of nitrogens with one attached hydrogen (secondary N) is 1. The molecule has 0 spiro atoms. The summed E-state index contributed by atoms with van der Waals surface area (Å²) in [5.41, 5.74) is 0.556. The average molecular weight is 630 g/mol. The fraction of sp³-hybridized carbons (Fsp3) is 0.829. The fourth-order valence-electron chi connectivity index (χ4n) is 6.54. The van der Waals surface area contributed by atoms with Crippen molar-refractivity contribution < 1.29 is 14.4 Å². The van der Waals surface area contributed by atoms with Gasteiger partial charge in [0.25, 0.3) is 0 Å². The second-order valence-electron chi connectivity index (χ2n) is 17.2. The van der Waals surface area contributed by atoms with Crippen LogP contribution in [0.2, 0.25) is 0 Å². The lowest BCUT2D eigenvalue weighted by molar-refractivity contribution is -0.130. The highest BCUT2D eigenvalue weighted by Crippen LogP contribution is 2.37. The van der Waals surface area contributed by atoms with E-state index in [-0.39, 0.29) is 52.7 Å². The van der Waals surface area contributed by atoms with E-state index in [2.05, 4.69) is 101 Å². The van der Waals surface area contributed by atoms with E-state index in [9.17, 15) is 14.4 Å². The smallest absolute Gasteiger partial charge is 0.243 e. The number of allylic oxidation sites excluding steroid dienone is 3. The van der Waals surface area contributed by atoms with Crippen molar-refractivity contribution in [2.24, 2.45) is 70.0 Å². The third-order valence-electron chi connectivity index (χ3n) is 11.5. The van der Waals surface area contributed by atoms with Crippen LogP contribution in [0.1, 0.15) is 144 Å². The Balaban J connectivity index is 5.69. The Morgan fingerprint density at radius 3 is 1.64 bits per heavy atom. The molecule has 0 aliphatic rings. The van der Waals surface area contributed by atoms with Crippen LogP contribution in [-0.4, -0.2) is 23.5 Å². The topological polar surface area (TPSA) is 63.2 Å². The van der Waals surface area contributed by atoms with Gasteiger partial charge < -0.3 is 5.32 Å². The highest BCUT2D eigenvalue weighted by atomic mass is 16.1. The van der Waals surface area contributed by atoms with Crippen LogP contribution in [0.15, 0.2) is 23.8 Å². The first-order chi connectivity index (χ1) is 20.4. The lowest BCUT2D eigenvalue weighted by Gasteiger charge is -2.38. The minimum atomic E-state index is -0.704. The molecule has 4 nitrogen and oxygen atoms in total. The molecule has 0 saturated heterocycles. The van der Waals surface area contributed by atoms with Crippen molar-refractivity contribution in [1.82, 2.24) is 5.32 Å². The molecule has 0 rings (SSSR count). The van der Waals surface area contributed by atoms with Gasteiger partial charge >= 0.3 is 0 Å². The van der Waals surface area contributed by atoms with Crippen LogP contribution in [0, 0.1) is 70.0 Å². The molecule has 4 heteroatoms. The maximum atomic E-state index is 13.3. The lowest BCUT2D eigenvalue weighted by Crippen LogP contribution is -2.44. The van der Waals surface area contributed by atoms with Gasteiger partial charge in [0.15, 0.2) is 0 Å². The Kier molecular flexibility index (Phi) is 17.9. The van der Waals surface area contributed by atoms with Crippen LogP contribution in [0.25, 0.3) is 0 Å². The number of rotatable bonds is 20. The summed E-state index contributed by atoms with van der Waals surface area (Å²) in [6, 6.07) is 0.00783. The van der Waals surface area contributed by atoms with Crippen molar-refractivity contribution >= 4 is 17.5 Å². The van der Waals surface area contributed by atoms with Crippen LogP contribution in [-0.2, 0) is 14.4 Å². The molecular formula is C41H75NO3. The Labute approximate surface area is 280 Å². The van der Waals surface area contributed by atoms with Gasteiger partial charge in [-0.05, 0) is 93.0 Å². The van der Waals surface area contributed by atoms with E-state index in [0.717, 1.165) is 19.3 Å². The van der Waals surface area contributed by atoms with Gasteiger partial charge in [-0.2, -0.15) is 0 Å². The molecule has 0 saturated carbocycles. The predicted molar refractivity (Wildman–Crippen MR) is 195 cm³/mol. The van der Waals surface area contributed by atoms with Crippen molar-refractivity contribution in [1.29, 1.82) is 0 Å². The van der Waals surface area contributed by atoms with E-state index in [1.54, 1.807) is 12.2 Å². The summed E-state index contributed by atoms with van der Waals surface area (Å²) in [4.78, 5) is 39.1. The van der Waals surface area contributed by atoms with Crippen LogP contribution < -0.4 is 5.32 Å². The zero-order valence-corrected chi connectivity index (χ0v) is 32.9. The minimum absolute atomic E-state index is 0.00783. The number of carbonyl (C=O) groups is 3. The molecule has 262 valence electrons. The van der Waals surface area contributed by atoms with Gasteiger partial charge in [0, 0.05) is 29.2 Å². The molecule has 8 atom stereocenters. The van der Waals surface area contributed by atoms with Gasteiger partial charge in [0.05, 0.1) is 0 Å². The third-order valence-corrected chi connectivity index (χ3v) is 11.5. The summed E-state index contributed by atoms with van der Waals surface area (Å²) in [6.45, 7) is 38.8. The zero-order valence-electron chi connectivity index (χ0n) is 32.9. The number of carbonyl (C=O) groups excluding carboxylic acids is 3. The Bertz CT molecular complexity index is 998. The lowest BCUT2D eigenvalue weighted by atomic mass is 9.71. The van der Waals surface area contributed by atoms with Crippen molar-refractivity contribution in [2.45, 2.75) is 150 Å². The standard InChI is InChI=1S/C41H75NO3/c1-25(2)23-36(42-37(43)21-22-40(15,16)39(45)34(13)31(10)26(3)4)35(14)41(17,18)24-30(9)32(11)28(7)19-20-29(8)33(12)38(44)27(5)6/h21-22,24-29,31-36H,19-20,23H2,1-18H3,(H,42,43)/b22-21+,30-24+. The number of Topliss-reactive ketones (excluding diaryl/α,β-unsaturated/α-hetero) is 2. The summed E-state index contributed by atoms with van der Waals surface area (Å²) < 4.78 is 0. The van der Waals surface area contributed by atoms with Gasteiger partial charge in [-0.1, -0.05) is 122 Å². The predicted octanol–water partition coefficient (Wildman–Crippen LogP) is 10.8. The maximum Gasteiger partial charge on any atom is 0.243 e. The Hall–Kier alpha value is -1.71. The van der Waals surface area contributed by atoms with E-state index >= 15 is 0 Å². The second-order valence-corrected chi connectivity index (χ2v) is 17.2. The van der Waals surface area contributed by atoms with Crippen molar-refractivity contribution in [3.05, 3.63) is 23.8 Å². The van der Waals surface area contributed by atoms with Crippen LogP contribution in [0.5, 0.6) is 0 Å². The Morgan fingerprint density at radius 1 is 0.711 bits per heavy atom. The molecule has 0 aliphatic heterocycles. The largest absolute Gasteiger partial charge is 0.350 e. The van der Waals surface area contributed by atoms with E-state index in [1.807, 2.05) is 34.6 Å². The maximum absolute atomic E-state index is 13.3. The van der Waals surface area contributed by atoms with Gasteiger partial charge in [-0.3, -0.25) is 14.4 Å². The number of amides is 1. The Morgan fingerprint density at radius 2 is 1.20 bits per heavy atom. The molecular weight excluding hydrogens is 554 g/mol. The summed E-state index contributed by atoms with van der Waals surface area (Å²) in [5.74, 6) is 3.25. The average Bonchev–Trinajstić information content (AvgIpc) is 2.94. The number of hydrogen-bond donors (Lipinski definition) is 1. The molecule has 0 radical (unpaired) electrons. The van der Waals surface area contributed by atoms with Gasteiger partial charge in [-0.25, -0.2) is 0 Å². The van der Waals surface area contributed by atoms with Crippen LogP contribution >= 0.6 is 0 Å². The van der Waals surface area contributed by atoms with Crippen molar-refractivity contribution in [2.75, 3.05) is 0 Å². The normalized spacial score (nSPS) is 18.9. The molecule has 1 amide bonds. The quantitative estimate of drug-likeness (QED) is 0.108. The molecule has 0 aromatic carbocycles. The molecule has 8 unspecified atom stereocenters. The van der Waals surface area contributed by atoms with Gasteiger partial charge in [0.1, 0.15) is 11.6 Å². The summed E-state index contributed by atoms with van der Waals surface area (Å²) in [6.07, 6.45) is 8.86. The SMILES string of the molecule is C/C(=C\C(C)(C)C(C)C(CC(C)C)NC(=O)/C=C/C(C)(C)C(=O)C(C)C(C)C(C)C)C(C)C(C)CCC(C)C(C)C(=O)C(C)C. The fourth-order valence-corrected chi connectivity index (χ4v) is 6.54. The van der Waals surface area contributed by atoms with E-state index < -0.39 is 5.41 Å². The molecule has 0 aliphatic carbocycles. The third kappa shape index (κ3) is 13.9. The first-order valence-electron chi connectivity index (χ1n) is 18.1. The highest BCUT2D eigenvalue weighted by Gasteiger charge is 2.35. The van der Waals surface area contributed by atoms with E-state index in [4.69, 9.17) is 0 Å². The van der Waals surface area contributed by atoms with Crippen LogP contribution in [0.3, 0.4) is 0 Å². The molecule has 0 aromatic heterocycles. The summed E-state index contributed by atoms with van der Waals surface area (Å²) in [5, 5.41) is 3.33. The minimum Gasteiger partial charge on any atom is -0.350 e. The van der Waals surface area contributed by atoms with Crippen molar-refractivity contribution in [3.63, 3.8) is 0 Å². The van der Waals surface area contributed by atoms with E-state index in [0.29, 0.717) is 35.4 Å². The molecule has 45 heavy (non-hydrogen) atoms. The van der Waals surface area contributed by atoms with Crippen molar-refractivity contribution in [3.8, 4) is 0 Å².